The summed E-state index contributed by atoms with van der Waals surface area (Å²) in [7, 11) is -3.65. The molecule has 1 amide bonds. The van der Waals surface area contributed by atoms with Crippen LogP contribution in [0.25, 0.3) is 0 Å². The number of sulfonamides is 1. The highest BCUT2D eigenvalue weighted by molar-refractivity contribution is 7.89. The van der Waals surface area contributed by atoms with Gasteiger partial charge in [0.25, 0.3) is 0 Å². The number of nitrogens with one attached hydrogen (secondary N) is 1. The normalized spacial score (nSPS) is 20.8. The van der Waals surface area contributed by atoms with Gasteiger partial charge < -0.3 is 5.32 Å². The molecular weight excluding hydrogens is 491 g/mol. The molecule has 0 aromatic heterocycles. The van der Waals surface area contributed by atoms with E-state index in [-0.39, 0.29) is 23.6 Å². The molecular formula is C26H32F3N3O3S. The molecule has 1 N–H and O–H groups in total. The molecule has 0 bridgehead atoms. The predicted octanol–water partition coefficient (Wildman–Crippen LogP) is 4.99. The molecule has 4 rings (SSSR count). The second-order valence-electron chi connectivity index (χ2n) is 10.5. The van der Waals surface area contributed by atoms with Crippen molar-refractivity contribution in [3.05, 3.63) is 60.2 Å². The minimum atomic E-state index is -4.47. The zero-order valence-corrected chi connectivity index (χ0v) is 21.3. The molecule has 2 saturated heterocycles. The lowest BCUT2D eigenvalue weighted by Crippen LogP contribution is -2.59. The fourth-order valence-electron chi connectivity index (χ4n) is 5.19. The summed E-state index contributed by atoms with van der Waals surface area (Å²) in [4.78, 5) is 14.8. The number of alkyl halides is 3. The average Bonchev–Trinajstić information content (AvgIpc) is 2.82. The average molecular weight is 524 g/mol. The fourth-order valence-corrected chi connectivity index (χ4v) is 7.14. The standard InChI is InChI=1S/C26H32F3N3O3S/c1-24(2)11-12-25(19-32(24)36(34,35)22-9-4-3-5-10-22)13-15-31(16-14-25)18-23(33)30-21-8-6-7-20(17-21)26(27,28)29/h3-10,17H,11-16,18-19H2,1-2H3,(H,30,33). The van der Waals surface area contributed by atoms with E-state index in [1.807, 2.05) is 18.7 Å². The lowest BCUT2D eigenvalue weighted by Gasteiger charge is -2.53. The van der Waals surface area contributed by atoms with Crippen molar-refractivity contribution < 1.29 is 26.4 Å². The Hall–Kier alpha value is -2.43. The largest absolute Gasteiger partial charge is 0.416 e. The topological polar surface area (TPSA) is 69.7 Å². The van der Waals surface area contributed by atoms with Crippen molar-refractivity contribution in [3.8, 4) is 0 Å². The van der Waals surface area contributed by atoms with Crippen molar-refractivity contribution in [1.29, 1.82) is 0 Å². The Morgan fingerprint density at radius 3 is 2.28 bits per heavy atom. The second-order valence-corrected chi connectivity index (χ2v) is 12.4. The van der Waals surface area contributed by atoms with Gasteiger partial charge in [-0.3, -0.25) is 9.69 Å². The van der Waals surface area contributed by atoms with Gasteiger partial charge in [-0.15, -0.1) is 0 Å². The molecule has 1 spiro atoms. The summed E-state index contributed by atoms with van der Waals surface area (Å²) in [6.45, 7) is 5.68. The number of nitrogens with zero attached hydrogens (tertiary/aromatic N) is 2. The maximum Gasteiger partial charge on any atom is 0.416 e. The molecule has 196 valence electrons. The minimum absolute atomic E-state index is 0.0733. The number of anilines is 1. The molecule has 2 aliphatic heterocycles. The lowest BCUT2D eigenvalue weighted by molar-refractivity contribution is -0.137. The van der Waals surface area contributed by atoms with Crippen LogP contribution in [0.15, 0.2) is 59.5 Å². The maximum atomic E-state index is 13.5. The van der Waals surface area contributed by atoms with E-state index in [9.17, 15) is 26.4 Å². The van der Waals surface area contributed by atoms with Gasteiger partial charge in [-0.1, -0.05) is 24.3 Å². The van der Waals surface area contributed by atoms with E-state index < -0.39 is 27.3 Å². The van der Waals surface area contributed by atoms with Gasteiger partial charge >= 0.3 is 6.18 Å². The van der Waals surface area contributed by atoms with E-state index in [0.717, 1.165) is 37.8 Å². The molecule has 2 aliphatic rings. The van der Waals surface area contributed by atoms with E-state index in [0.29, 0.717) is 24.5 Å². The quantitative estimate of drug-likeness (QED) is 0.600. The van der Waals surface area contributed by atoms with Crippen LogP contribution in [0.1, 0.15) is 45.1 Å². The third-order valence-corrected chi connectivity index (χ3v) is 9.58. The first kappa shape index (κ1) is 26.6. The zero-order valence-electron chi connectivity index (χ0n) is 20.5. The Morgan fingerprint density at radius 2 is 1.64 bits per heavy atom. The van der Waals surface area contributed by atoms with Crippen molar-refractivity contribution in [3.63, 3.8) is 0 Å². The third kappa shape index (κ3) is 5.76. The Kier molecular flexibility index (Phi) is 7.24. The molecule has 0 saturated carbocycles. The molecule has 2 aromatic carbocycles. The number of likely N-dealkylation sites (tertiary alicyclic amines) is 1. The van der Waals surface area contributed by atoms with Crippen molar-refractivity contribution in [1.82, 2.24) is 9.21 Å². The van der Waals surface area contributed by atoms with Gasteiger partial charge in [-0.25, -0.2) is 8.42 Å². The van der Waals surface area contributed by atoms with Gasteiger partial charge in [-0.2, -0.15) is 17.5 Å². The van der Waals surface area contributed by atoms with Gasteiger partial charge in [-0.05, 0) is 88.4 Å². The predicted molar refractivity (Wildman–Crippen MR) is 132 cm³/mol. The summed E-state index contributed by atoms with van der Waals surface area (Å²) in [5.41, 5.74) is -1.36. The number of carbonyl (C=O) groups excluding carboxylic acids is 1. The van der Waals surface area contributed by atoms with Gasteiger partial charge in [0.2, 0.25) is 15.9 Å². The van der Waals surface area contributed by atoms with Gasteiger partial charge in [0, 0.05) is 17.8 Å². The SMILES string of the molecule is CC1(C)CCC2(CCN(CC(=O)Nc3cccc(C(F)(F)F)c3)CC2)CN1S(=O)(=O)c1ccccc1. The summed E-state index contributed by atoms with van der Waals surface area (Å²) in [5.74, 6) is -0.372. The first-order valence-corrected chi connectivity index (χ1v) is 13.5. The van der Waals surface area contributed by atoms with Crippen molar-refractivity contribution >= 4 is 21.6 Å². The van der Waals surface area contributed by atoms with Gasteiger partial charge in [0.15, 0.2) is 0 Å². The lowest BCUT2D eigenvalue weighted by atomic mass is 9.69. The minimum Gasteiger partial charge on any atom is -0.325 e. The number of hydrogen-bond acceptors (Lipinski definition) is 4. The molecule has 2 fully saturated rings. The zero-order chi connectivity index (χ0) is 26.2. The van der Waals surface area contributed by atoms with Crippen LogP contribution < -0.4 is 5.32 Å². The number of benzene rings is 2. The van der Waals surface area contributed by atoms with Crippen molar-refractivity contribution in [2.75, 3.05) is 31.5 Å². The highest BCUT2D eigenvalue weighted by atomic mass is 32.2. The number of amides is 1. The van der Waals surface area contributed by atoms with Crippen LogP contribution in [-0.4, -0.2) is 55.2 Å². The third-order valence-electron chi connectivity index (χ3n) is 7.51. The number of carbonyl (C=O) groups is 1. The van der Waals surface area contributed by atoms with E-state index in [4.69, 9.17) is 0 Å². The Bertz CT molecular complexity index is 1190. The molecule has 10 heteroatoms. The van der Waals surface area contributed by atoms with Crippen LogP contribution in [0.2, 0.25) is 0 Å². The van der Waals surface area contributed by atoms with Crippen LogP contribution in [-0.2, 0) is 21.0 Å². The molecule has 2 heterocycles. The monoisotopic (exact) mass is 523 g/mol. The van der Waals surface area contributed by atoms with Crippen LogP contribution in [0, 0.1) is 5.41 Å². The first-order valence-electron chi connectivity index (χ1n) is 12.1. The fraction of sp³-hybridized carbons (Fsp3) is 0.500. The number of halogens is 3. The highest BCUT2D eigenvalue weighted by Gasteiger charge is 2.49. The number of hydrogen-bond donors (Lipinski definition) is 1. The van der Waals surface area contributed by atoms with Gasteiger partial charge in [0.1, 0.15) is 0 Å². The summed E-state index contributed by atoms with van der Waals surface area (Å²) in [6.07, 6.45) is -1.32. The molecule has 0 unspecified atom stereocenters. The van der Waals surface area contributed by atoms with Crippen LogP contribution in [0.5, 0.6) is 0 Å². The van der Waals surface area contributed by atoms with E-state index in [1.165, 1.54) is 12.1 Å². The second kappa shape index (κ2) is 9.79. The summed E-state index contributed by atoms with van der Waals surface area (Å²) in [5, 5.41) is 2.56. The number of rotatable bonds is 5. The van der Waals surface area contributed by atoms with Crippen LogP contribution in [0.4, 0.5) is 18.9 Å². The highest BCUT2D eigenvalue weighted by Crippen LogP contribution is 2.46. The van der Waals surface area contributed by atoms with E-state index in [2.05, 4.69) is 5.32 Å². The van der Waals surface area contributed by atoms with E-state index >= 15 is 0 Å². The molecule has 36 heavy (non-hydrogen) atoms. The van der Waals surface area contributed by atoms with Crippen LogP contribution in [0.3, 0.4) is 0 Å². The Balaban J connectivity index is 1.38. The molecule has 0 aliphatic carbocycles. The molecule has 0 atom stereocenters. The first-order chi connectivity index (χ1) is 16.8. The molecule has 0 radical (unpaired) electrons. The van der Waals surface area contributed by atoms with Gasteiger partial charge in [0.05, 0.1) is 17.0 Å². The Morgan fingerprint density at radius 1 is 0.972 bits per heavy atom. The van der Waals surface area contributed by atoms with Crippen molar-refractivity contribution in [2.45, 2.75) is 56.1 Å². The summed E-state index contributed by atoms with van der Waals surface area (Å²) >= 11 is 0. The van der Waals surface area contributed by atoms with E-state index in [1.54, 1.807) is 34.6 Å². The smallest absolute Gasteiger partial charge is 0.325 e. The summed E-state index contributed by atoms with van der Waals surface area (Å²) in [6, 6.07) is 13.1. The maximum absolute atomic E-state index is 13.5. The molecule has 6 nitrogen and oxygen atoms in total. The summed E-state index contributed by atoms with van der Waals surface area (Å²) < 4.78 is 67.4. The Labute approximate surface area is 210 Å². The molecule has 2 aromatic rings. The van der Waals surface area contributed by atoms with Crippen LogP contribution >= 0.6 is 0 Å². The number of piperidine rings is 2. The van der Waals surface area contributed by atoms with Crippen molar-refractivity contribution in [2.24, 2.45) is 5.41 Å².